The van der Waals surface area contributed by atoms with Crippen molar-refractivity contribution in [3.05, 3.63) is 0 Å². The molecule has 0 aromatic heterocycles. The molecule has 0 aromatic rings. The maximum Gasteiger partial charge on any atom is 0.323 e. The Kier molecular flexibility index (Phi) is 10.4. The van der Waals surface area contributed by atoms with Crippen LogP contribution in [-0.2, 0) is 14.3 Å². The molecule has 1 aliphatic rings. The van der Waals surface area contributed by atoms with E-state index >= 15 is 0 Å². The fourth-order valence-corrected chi connectivity index (χ4v) is 3.19. The van der Waals surface area contributed by atoms with Crippen molar-refractivity contribution >= 4 is 5.97 Å². The molecule has 1 fully saturated rings. The summed E-state index contributed by atoms with van der Waals surface area (Å²) in [6.45, 7) is 9.60. The van der Waals surface area contributed by atoms with Crippen LogP contribution < -0.4 is 10.6 Å². The van der Waals surface area contributed by atoms with E-state index in [2.05, 4.69) is 10.6 Å². The Morgan fingerprint density at radius 2 is 1.93 bits per heavy atom. The van der Waals surface area contributed by atoms with Crippen molar-refractivity contribution in [3.8, 4) is 0 Å². The second-order valence-corrected chi connectivity index (χ2v) is 9.11. The lowest BCUT2D eigenvalue weighted by Crippen LogP contribution is -2.63. The first-order valence-corrected chi connectivity index (χ1v) is 10.4. The second kappa shape index (κ2) is 11.5. The van der Waals surface area contributed by atoms with Crippen molar-refractivity contribution in [2.24, 2.45) is 5.92 Å². The van der Waals surface area contributed by atoms with Crippen LogP contribution in [0.15, 0.2) is 0 Å². The first-order valence-electron chi connectivity index (χ1n) is 10.4. The third-order valence-electron chi connectivity index (χ3n) is 4.75. The minimum Gasteiger partial charge on any atom is -0.459 e. The zero-order valence-electron chi connectivity index (χ0n) is 18.4. The summed E-state index contributed by atoms with van der Waals surface area (Å²) in [5, 5.41) is 45.8. The molecule has 9 nitrogen and oxygen atoms in total. The highest BCUT2D eigenvalue weighted by Gasteiger charge is 2.48. The zero-order valence-corrected chi connectivity index (χ0v) is 18.4. The lowest BCUT2D eigenvalue weighted by atomic mass is 9.90. The number of hydrogen-bond donors (Lipinski definition) is 6. The molecule has 1 rings (SSSR count). The monoisotopic (exact) mass is 420 g/mol. The fourth-order valence-electron chi connectivity index (χ4n) is 3.19. The molecule has 1 heterocycles. The Balaban J connectivity index is 2.38. The fraction of sp³-hybridized carbons (Fsp3) is 0.950. The third kappa shape index (κ3) is 8.84. The summed E-state index contributed by atoms with van der Waals surface area (Å²) in [5.74, 6) is -2.79. The first-order chi connectivity index (χ1) is 13.4. The van der Waals surface area contributed by atoms with Gasteiger partial charge in [-0.25, -0.2) is 0 Å². The standard InChI is InChI=1S/C20H40N2O7/c1-13(2)22-15(18(26)29-19(3,4)5)8-6-7-9-21-12-20(27)17(25)16(24)14(10-23)11-28-20/h13-17,21-25,27H,6-12H2,1-5H3. The molecule has 0 saturated carbocycles. The average molecular weight is 421 g/mol. The first kappa shape index (κ1) is 26.2. The van der Waals surface area contributed by atoms with Crippen LogP contribution in [0.2, 0.25) is 0 Å². The SMILES string of the molecule is CC(C)NC(CCCCNCC1(O)OCC(CO)C(O)C1O)C(=O)OC(C)(C)C. The summed E-state index contributed by atoms with van der Waals surface area (Å²) < 4.78 is 10.7. The molecule has 0 spiro atoms. The van der Waals surface area contributed by atoms with E-state index in [9.17, 15) is 20.1 Å². The number of carbonyl (C=O) groups excluding carboxylic acids is 1. The molecule has 29 heavy (non-hydrogen) atoms. The predicted molar refractivity (Wildman–Crippen MR) is 108 cm³/mol. The number of hydrogen-bond acceptors (Lipinski definition) is 9. The summed E-state index contributed by atoms with van der Waals surface area (Å²) in [4.78, 5) is 12.4. The van der Waals surface area contributed by atoms with Gasteiger partial charge in [-0.2, -0.15) is 0 Å². The summed E-state index contributed by atoms with van der Waals surface area (Å²) >= 11 is 0. The summed E-state index contributed by atoms with van der Waals surface area (Å²) in [5.41, 5.74) is -0.536. The van der Waals surface area contributed by atoms with Crippen molar-refractivity contribution in [2.45, 2.75) is 89.6 Å². The van der Waals surface area contributed by atoms with E-state index in [1.165, 1.54) is 0 Å². The highest BCUT2D eigenvalue weighted by molar-refractivity contribution is 5.76. The molecule has 5 unspecified atom stereocenters. The molecule has 0 aromatic carbocycles. The molecule has 0 amide bonds. The number of nitrogens with one attached hydrogen (secondary N) is 2. The largest absolute Gasteiger partial charge is 0.459 e. The summed E-state index contributed by atoms with van der Waals surface area (Å²) in [6, 6.07) is -0.230. The normalized spacial score (nSPS) is 29.1. The minimum absolute atomic E-state index is 0.0364. The van der Waals surface area contributed by atoms with Gasteiger partial charge in [-0.05, 0) is 40.2 Å². The zero-order chi connectivity index (χ0) is 22.2. The average Bonchev–Trinajstić information content (AvgIpc) is 2.60. The van der Waals surface area contributed by atoms with Crippen LogP contribution in [0.5, 0.6) is 0 Å². The van der Waals surface area contributed by atoms with Crippen molar-refractivity contribution in [1.82, 2.24) is 10.6 Å². The summed E-state index contributed by atoms with van der Waals surface area (Å²) in [6.07, 6.45) is -0.638. The number of ether oxygens (including phenoxy) is 2. The highest BCUT2D eigenvalue weighted by atomic mass is 16.6. The van der Waals surface area contributed by atoms with Gasteiger partial charge in [0.15, 0.2) is 0 Å². The quantitative estimate of drug-likeness (QED) is 0.193. The maximum absolute atomic E-state index is 12.4. The van der Waals surface area contributed by atoms with Crippen LogP contribution in [-0.4, -0.2) is 88.4 Å². The Morgan fingerprint density at radius 1 is 1.28 bits per heavy atom. The van der Waals surface area contributed by atoms with Gasteiger partial charge in [-0.15, -0.1) is 0 Å². The molecule has 0 radical (unpaired) electrons. The number of rotatable bonds is 11. The highest BCUT2D eigenvalue weighted by Crippen LogP contribution is 2.26. The molecule has 1 saturated heterocycles. The topological polar surface area (TPSA) is 141 Å². The molecule has 1 aliphatic heterocycles. The predicted octanol–water partition coefficient (Wildman–Crippen LogP) is -0.496. The summed E-state index contributed by atoms with van der Waals surface area (Å²) in [7, 11) is 0. The van der Waals surface area contributed by atoms with E-state index in [-0.39, 0.29) is 37.8 Å². The van der Waals surface area contributed by atoms with E-state index in [1.54, 1.807) is 0 Å². The van der Waals surface area contributed by atoms with Gasteiger partial charge in [0.2, 0.25) is 5.79 Å². The number of aliphatic hydroxyl groups is 4. The van der Waals surface area contributed by atoms with E-state index in [0.29, 0.717) is 13.0 Å². The van der Waals surface area contributed by atoms with Gasteiger partial charge in [-0.3, -0.25) is 4.79 Å². The van der Waals surface area contributed by atoms with Gasteiger partial charge in [-0.1, -0.05) is 20.3 Å². The molecule has 0 aliphatic carbocycles. The Hall–Kier alpha value is -0.810. The Morgan fingerprint density at radius 3 is 2.48 bits per heavy atom. The van der Waals surface area contributed by atoms with E-state index in [4.69, 9.17) is 14.6 Å². The smallest absolute Gasteiger partial charge is 0.323 e. The van der Waals surface area contributed by atoms with Crippen LogP contribution in [0.1, 0.15) is 53.9 Å². The van der Waals surface area contributed by atoms with Gasteiger partial charge >= 0.3 is 5.97 Å². The number of unbranched alkanes of at least 4 members (excludes halogenated alkanes) is 1. The number of aliphatic hydroxyl groups excluding tert-OH is 3. The van der Waals surface area contributed by atoms with E-state index in [0.717, 1.165) is 12.8 Å². The van der Waals surface area contributed by atoms with Gasteiger partial charge in [0.25, 0.3) is 0 Å². The van der Waals surface area contributed by atoms with Crippen molar-refractivity contribution in [2.75, 3.05) is 26.3 Å². The van der Waals surface area contributed by atoms with Crippen LogP contribution in [0.3, 0.4) is 0 Å². The Labute approximate surface area is 173 Å². The van der Waals surface area contributed by atoms with Crippen LogP contribution >= 0.6 is 0 Å². The van der Waals surface area contributed by atoms with Crippen molar-refractivity contribution < 1.29 is 34.7 Å². The molecular weight excluding hydrogens is 380 g/mol. The van der Waals surface area contributed by atoms with Crippen molar-refractivity contribution in [3.63, 3.8) is 0 Å². The van der Waals surface area contributed by atoms with Gasteiger partial charge in [0.1, 0.15) is 17.7 Å². The number of esters is 1. The molecule has 6 N–H and O–H groups in total. The maximum atomic E-state index is 12.4. The van der Waals surface area contributed by atoms with Crippen molar-refractivity contribution in [1.29, 1.82) is 0 Å². The Bertz CT molecular complexity index is 498. The lowest BCUT2D eigenvalue weighted by molar-refractivity contribution is -0.312. The molecule has 5 atom stereocenters. The lowest BCUT2D eigenvalue weighted by Gasteiger charge is -2.42. The van der Waals surface area contributed by atoms with Gasteiger partial charge in [0.05, 0.1) is 25.9 Å². The molecule has 9 heteroatoms. The molecule has 172 valence electrons. The molecular formula is C20H40N2O7. The van der Waals surface area contributed by atoms with Crippen LogP contribution in [0.4, 0.5) is 0 Å². The van der Waals surface area contributed by atoms with Crippen LogP contribution in [0, 0.1) is 5.92 Å². The van der Waals surface area contributed by atoms with Gasteiger partial charge in [0, 0.05) is 12.0 Å². The van der Waals surface area contributed by atoms with E-state index in [1.807, 2.05) is 34.6 Å². The van der Waals surface area contributed by atoms with E-state index < -0.39 is 29.5 Å². The second-order valence-electron chi connectivity index (χ2n) is 9.11. The molecule has 0 bridgehead atoms. The third-order valence-corrected chi connectivity index (χ3v) is 4.75. The minimum atomic E-state index is -1.90. The van der Waals surface area contributed by atoms with Crippen LogP contribution in [0.25, 0.3) is 0 Å². The van der Waals surface area contributed by atoms with Gasteiger partial charge < -0.3 is 40.5 Å². The number of carbonyl (C=O) groups is 1.